The maximum Gasteiger partial charge on any atom is 0.237 e. The van der Waals surface area contributed by atoms with E-state index in [1.165, 1.54) is 35.0 Å². The molecule has 5 nitrogen and oxygen atoms in total. The minimum absolute atomic E-state index is 0.106. The van der Waals surface area contributed by atoms with E-state index in [0.717, 1.165) is 28.1 Å². The molecule has 1 aliphatic carbocycles. The Balaban J connectivity index is 1.55. The van der Waals surface area contributed by atoms with Crippen LogP contribution in [0.3, 0.4) is 0 Å². The van der Waals surface area contributed by atoms with Gasteiger partial charge in [0.15, 0.2) is 0 Å². The fourth-order valence-electron chi connectivity index (χ4n) is 3.28. The van der Waals surface area contributed by atoms with Gasteiger partial charge in [0.2, 0.25) is 5.91 Å². The van der Waals surface area contributed by atoms with Gasteiger partial charge in [-0.1, -0.05) is 17.8 Å². The van der Waals surface area contributed by atoms with Crippen LogP contribution in [0.25, 0.3) is 10.2 Å². The van der Waals surface area contributed by atoms with Crippen LogP contribution in [0.15, 0.2) is 35.6 Å². The number of aromatic nitrogens is 2. The zero-order valence-electron chi connectivity index (χ0n) is 14.9. The summed E-state index contributed by atoms with van der Waals surface area (Å²) in [6, 6.07) is 9.02. The Bertz CT molecular complexity index is 1050. The average Bonchev–Trinajstić information content (AvgIpc) is 3.07. The Morgan fingerprint density at radius 3 is 3.04 bits per heavy atom. The number of hydrogen-bond donors (Lipinski definition) is 1. The maximum absolute atomic E-state index is 12.6. The van der Waals surface area contributed by atoms with Crippen molar-refractivity contribution in [3.05, 3.63) is 46.6 Å². The van der Waals surface area contributed by atoms with Crippen molar-refractivity contribution in [3.8, 4) is 6.07 Å². The van der Waals surface area contributed by atoms with Gasteiger partial charge in [0.25, 0.3) is 0 Å². The van der Waals surface area contributed by atoms with Crippen LogP contribution in [-0.2, 0) is 17.6 Å². The number of thioether (sulfide) groups is 1. The molecule has 1 aliphatic rings. The molecule has 3 aromatic rings. The van der Waals surface area contributed by atoms with Crippen molar-refractivity contribution in [2.45, 2.75) is 42.9 Å². The topological polar surface area (TPSA) is 78.7 Å². The van der Waals surface area contributed by atoms with Gasteiger partial charge in [0.1, 0.15) is 16.2 Å². The number of anilines is 1. The highest BCUT2D eigenvalue weighted by Gasteiger charge is 2.23. The van der Waals surface area contributed by atoms with Crippen molar-refractivity contribution in [3.63, 3.8) is 0 Å². The molecule has 0 bridgehead atoms. The molecule has 0 radical (unpaired) electrons. The molecule has 0 unspecified atom stereocenters. The summed E-state index contributed by atoms with van der Waals surface area (Å²) in [6.07, 6.45) is 6.20. The summed E-state index contributed by atoms with van der Waals surface area (Å²) >= 11 is 3.23. The van der Waals surface area contributed by atoms with Crippen LogP contribution in [-0.4, -0.2) is 21.1 Å². The number of fused-ring (bicyclic) bond motifs is 3. The third-order valence-corrected chi connectivity index (χ3v) is 6.93. The molecule has 4 rings (SSSR count). The van der Waals surface area contributed by atoms with Crippen molar-refractivity contribution in [1.82, 2.24) is 9.97 Å². The van der Waals surface area contributed by atoms with Gasteiger partial charge in [-0.15, -0.1) is 11.3 Å². The lowest BCUT2D eigenvalue weighted by atomic mass is 9.97. The third-order valence-electron chi connectivity index (χ3n) is 4.63. The Kier molecular flexibility index (Phi) is 5.10. The summed E-state index contributed by atoms with van der Waals surface area (Å²) in [7, 11) is 0. The smallest absolute Gasteiger partial charge is 0.237 e. The molecule has 1 aromatic carbocycles. The molecule has 1 amide bonds. The largest absolute Gasteiger partial charge is 0.325 e. The van der Waals surface area contributed by atoms with E-state index in [9.17, 15) is 4.79 Å². The number of carbonyl (C=O) groups is 1. The van der Waals surface area contributed by atoms with Crippen LogP contribution in [0.2, 0.25) is 0 Å². The van der Waals surface area contributed by atoms with Gasteiger partial charge in [0.05, 0.1) is 16.9 Å². The lowest BCUT2D eigenvalue weighted by molar-refractivity contribution is -0.115. The van der Waals surface area contributed by atoms with Gasteiger partial charge < -0.3 is 5.32 Å². The Morgan fingerprint density at radius 1 is 1.33 bits per heavy atom. The first-order valence-electron chi connectivity index (χ1n) is 8.88. The quantitative estimate of drug-likeness (QED) is 0.518. The maximum atomic E-state index is 12.6. The van der Waals surface area contributed by atoms with E-state index in [2.05, 4.69) is 21.4 Å². The van der Waals surface area contributed by atoms with E-state index in [-0.39, 0.29) is 11.2 Å². The number of benzene rings is 1. The van der Waals surface area contributed by atoms with Crippen LogP contribution in [0, 0.1) is 11.3 Å². The normalized spacial score (nSPS) is 14.4. The van der Waals surface area contributed by atoms with E-state index in [1.54, 1.807) is 41.9 Å². The second-order valence-corrected chi connectivity index (χ2v) is 8.92. The van der Waals surface area contributed by atoms with E-state index in [0.29, 0.717) is 11.3 Å². The number of hydrogen-bond acceptors (Lipinski definition) is 6. The lowest BCUT2D eigenvalue weighted by Gasteiger charge is -2.14. The number of thiophene rings is 1. The number of carbonyl (C=O) groups excluding carboxylic acids is 1. The van der Waals surface area contributed by atoms with Gasteiger partial charge in [-0.3, -0.25) is 4.79 Å². The molecule has 0 aliphatic heterocycles. The van der Waals surface area contributed by atoms with Gasteiger partial charge in [-0.2, -0.15) is 5.26 Å². The van der Waals surface area contributed by atoms with Gasteiger partial charge in [-0.05, 0) is 56.4 Å². The molecular weight excluding hydrogens is 376 g/mol. The second-order valence-electron chi connectivity index (χ2n) is 6.51. The number of nitriles is 1. The first kappa shape index (κ1) is 18.0. The molecule has 0 saturated heterocycles. The van der Waals surface area contributed by atoms with E-state index < -0.39 is 0 Å². The zero-order valence-corrected chi connectivity index (χ0v) is 16.5. The predicted molar refractivity (Wildman–Crippen MR) is 109 cm³/mol. The number of rotatable bonds is 4. The van der Waals surface area contributed by atoms with Crippen molar-refractivity contribution in [1.29, 1.82) is 5.26 Å². The van der Waals surface area contributed by atoms with Crippen LogP contribution in [0.1, 0.15) is 35.8 Å². The Hall–Kier alpha value is -2.43. The van der Waals surface area contributed by atoms with Crippen molar-refractivity contribution < 1.29 is 4.79 Å². The average molecular weight is 395 g/mol. The molecule has 7 heteroatoms. The van der Waals surface area contributed by atoms with Crippen molar-refractivity contribution in [2.75, 3.05) is 5.32 Å². The summed E-state index contributed by atoms with van der Waals surface area (Å²) in [5.74, 6) is -0.106. The van der Waals surface area contributed by atoms with Gasteiger partial charge in [-0.25, -0.2) is 9.97 Å². The standard InChI is InChI=1S/C20H18N4OS2/c1-12(18(25)24-14-6-4-5-13(9-14)10-21)26-19-17-15-7-2-3-8-16(15)27-20(17)23-11-22-19/h4-6,9,11-12H,2-3,7-8H2,1H3,(H,24,25)/t12-/m1/s1. The summed E-state index contributed by atoms with van der Waals surface area (Å²) in [5, 5.41) is 13.6. The summed E-state index contributed by atoms with van der Waals surface area (Å²) < 4.78 is 0. The molecule has 136 valence electrons. The van der Waals surface area contributed by atoms with Crippen LogP contribution < -0.4 is 5.32 Å². The summed E-state index contributed by atoms with van der Waals surface area (Å²) in [6.45, 7) is 1.88. The van der Waals surface area contributed by atoms with Gasteiger partial charge in [0, 0.05) is 16.0 Å². The highest BCUT2D eigenvalue weighted by molar-refractivity contribution is 8.00. The predicted octanol–water partition coefficient (Wildman–Crippen LogP) is 4.56. The molecule has 1 atom stereocenters. The molecule has 0 saturated carbocycles. The number of nitrogens with zero attached hydrogens (tertiary/aromatic N) is 3. The van der Waals surface area contributed by atoms with E-state index in [1.807, 2.05) is 6.92 Å². The number of amides is 1. The lowest BCUT2D eigenvalue weighted by Crippen LogP contribution is -2.22. The second kappa shape index (κ2) is 7.67. The first-order chi connectivity index (χ1) is 13.2. The summed E-state index contributed by atoms with van der Waals surface area (Å²) in [4.78, 5) is 24.0. The van der Waals surface area contributed by atoms with E-state index >= 15 is 0 Å². The molecule has 0 fully saturated rings. The van der Waals surface area contributed by atoms with Crippen molar-refractivity contribution >= 4 is 44.9 Å². The molecule has 2 aromatic heterocycles. The minimum atomic E-state index is -0.312. The fourth-order valence-corrected chi connectivity index (χ4v) is 5.52. The monoisotopic (exact) mass is 394 g/mol. The zero-order chi connectivity index (χ0) is 18.8. The van der Waals surface area contributed by atoms with Crippen LogP contribution in [0.5, 0.6) is 0 Å². The molecule has 2 heterocycles. The molecule has 0 spiro atoms. The SMILES string of the molecule is C[C@@H](Sc1ncnc2sc3c(c12)CCCC3)C(=O)Nc1cccc(C#N)c1. The van der Waals surface area contributed by atoms with Crippen molar-refractivity contribution in [2.24, 2.45) is 0 Å². The Labute approximate surface area is 165 Å². The van der Waals surface area contributed by atoms with Gasteiger partial charge >= 0.3 is 0 Å². The fraction of sp³-hybridized carbons (Fsp3) is 0.300. The highest BCUT2D eigenvalue weighted by atomic mass is 32.2. The molecule has 1 N–H and O–H groups in total. The third kappa shape index (κ3) is 3.68. The highest BCUT2D eigenvalue weighted by Crippen LogP contribution is 2.40. The molecular formula is C20H18N4OS2. The molecule has 27 heavy (non-hydrogen) atoms. The summed E-state index contributed by atoms with van der Waals surface area (Å²) in [5.41, 5.74) is 2.53. The van der Waals surface area contributed by atoms with Crippen LogP contribution >= 0.6 is 23.1 Å². The Morgan fingerprint density at radius 2 is 2.19 bits per heavy atom. The number of aryl methyl sites for hydroxylation is 2. The first-order valence-corrected chi connectivity index (χ1v) is 10.6. The minimum Gasteiger partial charge on any atom is -0.325 e. The number of nitrogens with one attached hydrogen (secondary N) is 1. The van der Waals surface area contributed by atoms with Crippen LogP contribution in [0.4, 0.5) is 5.69 Å². The van der Waals surface area contributed by atoms with E-state index in [4.69, 9.17) is 5.26 Å².